The van der Waals surface area contributed by atoms with Crippen molar-refractivity contribution in [2.45, 2.75) is 33.6 Å². The molecule has 114 valence electrons. The van der Waals surface area contributed by atoms with Gasteiger partial charge in [0.05, 0.1) is 6.42 Å². The number of carboxylic acids is 1. The lowest BCUT2D eigenvalue weighted by Crippen LogP contribution is -2.15. The summed E-state index contributed by atoms with van der Waals surface area (Å²) in [6.45, 7) is 10.0. The number of aliphatic carboxylic acids is 1. The van der Waals surface area contributed by atoms with Crippen molar-refractivity contribution in [2.75, 3.05) is 20.6 Å². The minimum absolute atomic E-state index is 0.141. The van der Waals surface area contributed by atoms with Crippen LogP contribution >= 0.6 is 0 Å². The summed E-state index contributed by atoms with van der Waals surface area (Å²) in [5.41, 5.74) is 1.87. The van der Waals surface area contributed by atoms with Gasteiger partial charge in [-0.15, -0.1) is 0 Å². The topological polar surface area (TPSA) is 57.6 Å². The van der Waals surface area contributed by atoms with E-state index in [1.165, 1.54) is 5.57 Å². The Labute approximate surface area is 122 Å². The number of Topliss-reactive ketones (excluding diaryl/α,β-unsaturated/α-hetero) is 1. The molecule has 0 bridgehead atoms. The van der Waals surface area contributed by atoms with E-state index in [-0.39, 0.29) is 12.2 Å². The quantitative estimate of drug-likeness (QED) is 0.575. The summed E-state index contributed by atoms with van der Waals surface area (Å²) < 4.78 is 0. The van der Waals surface area contributed by atoms with E-state index >= 15 is 0 Å². The van der Waals surface area contributed by atoms with Crippen LogP contribution in [0.3, 0.4) is 0 Å². The van der Waals surface area contributed by atoms with E-state index in [2.05, 4.69) is 6.58 Å². The molecule has 0 fully saturated rings. The highest BCUT2D eigenvalue weighted by atomic mass is 16.4. The van der Waals surface area contributed by atoms with Crippen molar-refractivity contribution >= 4 is 11.8 Å². The molecule has 0 radical (unpaired) electrons. The molecule has 0 aliphatic carbocycles. The van der Waals surface area contributed by atoms with E-state index < -0.39 is 5.97 Å². The molecule has 4 nitrogen and oxygen atoms in total. The van der Waals surface area contributed by atoms with Crippen LogP contribution in [0, 0.1) is 0 Å². The molecule has 0 spiro atoms. The number of carboxylic acid groups (broad SMARTS) is 1. The first kappa shape index (κ1) is 20.6. The fourth-order valence-corrected chi connectivity index (χ4v) is 1.05. The molecule has 0 aromatic heterocycles. The molecule has 20 heavy (non-hydrogen) atoms. The van der Waals surface area contributed by atoms with E-state index in [1.54, 1.807) is 6.08 Å². The van der Waals surface area contributed by atoms with Gasteiger partial charge in [0, 0.05) is 18.5 Å². The van der Waals surface area contributed by atoms with Crippen molar-refractivity contribution in [1.82, 2.24) is 4.90 Å². The van der Waals surface area contributed by atoms with Crippen molar-refractivity contribution in [3.63, 3.8) is 0 Å². The molecular weight excluding hydrogens is 254 g/mol. The molecular formula is C16H27NO3. The SMILES string of the molecule is C=C/C(=C\C=C(C)C)C(=O)CC.CN(C)CCC(=O)O. The van der Waals surface area contributed by atoms with Crippen LogP contribution in [0.5, 0.6) is 0 Å². The second-order valence-corrected chi connectivity index (χ2v) is 4.79. The molecule has 0 rings (SSSR count). The van der Waals surface area contributed by atoms with Crippen LogP contribution in [0.2, 0.25) is 0 Å². The van der Waals surface area contributed by atoms with E-state index in [4.69, 9.17) is 5.11 Å². The van der Waals surface area contributed by atoms with Gasteiger partial charge in [0.1, 0.15) is 0 Å². The van der Waals surface area contributed by atoms with Gasteiger partial charge in [0.25, 0.3) is 0 Å². The summed E-state index contributed by atoms with van der Waals surface area (Å²) >= 11 is 0. The standard InChI is InChI=1S/C11H16O.C5H11NO2/c1-5-10(11(12)6-2)8-7-9(3)4;1-6(2)4-3-5(7)8/h5,7-8H,1,6H2,2-4H3;3-4H2,1-2H3,(H,7,8)/b10-8+;. The maximum absolute atomic E-state index is 11.2. The van der Waals surface area contributed by atoms with Crippen LogP contribution in [-0.4, -0.2) is 42.4 Å². The molecule has 0 unspecified atom stereocenters. The van der Waals surface area contributed by atoms with Crippen LogP contribution in [0.1, 0.15) is 33.6 Å². The summed E-state index contributed by atoms with van der Waals surface area (Å²) in [4.78, 5) is 22.9. The number of hydrogen-bond acceptors (Lipinski definition) is 3. The van der Waals surface area contributed by atoms with Gasteiger partial charge in [-0.05, 0) is 27.9 Å². The first-order valence-electron chi connectivity index (χ1n) is 6.61. The normalized spacial score (nSPS) is 10.4. The van der Waals surface area contributed by atoms with Gasteiger partial charge >= 0.3 is 5.97 Å². The molecule has 0 aliphatic rings. The number of rotatable bonds is 7. The van der Waals surface area contributed by atoms with E-state index in [9.17, 15) is 9.59 Å². The molecule has 4 heteroatoms. The van der Waals surface area contributed by atoms with Crippen LogP contribution in [0.25, 0.3) is 0 Å². The highest BCUT2D eigenvalue weighted by molar-refractivity contribution is 5.97. The molecule has 1 N–H and O–H groups in total. The van der Waals surface area contributed by atoms with Gasteiger partial charge in [-0.3, -0.25) is 9.59 Å². The molecule has 0 saturated carbocycles. The lowest BCUT2D eigenvalue weighted by Gasteiger charge is -2.04. The number of carbonyl (C=O) groups excluding carboxylic acids is 1. The molecule has 0 heterocycles. The summed E-state index contributed by atoms with van der Waals surface area (Å²) in [6, 6.07) is 0. The Kier molecular flexibility index (Phi) is 12.8. The average Bonchev–Trinajstić information content (AvgIpc) is 2.37. The highest BCUT2D eigenvalue weighted by Crippen LogP contribution is 2.02. The Balaban J connectivity index is 0. The molecule has 0 aliphatic heterocycles. The van der Waals surface area contributed by atoms with Gasteiger partial charge in [-0.25, -0.2) is 0 Å². The van der Waals surface area contributed by atoms with Crippen molar-refractivity contribution in [2.24, 2.45) is 0 Å². The van der Waals surface area contributed by atoms with E-state index in [1.807, 2.05) is 51.9 Å². The van der Waals surface area contributed by atoms with Crippen LogP contribution in [0.4, 0.5) is 0 Å². The number of hydrogen-bond donors (Lipinski definition) is 1. The second-order valence-electron chi connectivity index (χ2n) is 4.79. The van der Waals surface area contributed by atoms with Crippen LogP contribution in [0.15, 0.2) is 36.0 Å². The highest BCUT2D eigenvalue weighted by Gasteiger charge is 2.00. The monoisotopic (exact) mass is 281 g/mol. The van der Waals surface area contributed by atoms with Crippen molar-refractivity contribution < 1.29 is 14.7 Å². The number of allylic oxidation sites excluding steroid dienone is 5. The molecule has 0 aromatic carbocycles. The van der Waals surface area contributed by atoms with Gasteiger partial charge in [-0.2, -0.15) is 0 Å². The lowest BCUT2D eigenvalue weighted by molar-refractivity contribution is -0.137. The smallest absolute Gasteiger partial charge is 0.304 e. The van der Waals surface area contributed by atoms with Gasteiger partial charge in [0.15, 0.2) is 5.78 Å². The minimum Gasteiger partial charge on any atom is -0.481 e. The Hall–Kier alpha value is -1.68. The predicted octanol–water partition coefficient (Wildman–Crippen LogP) is 3.07. The minimum atomic E-state index is -0.737. The molecule has 0 atom stereocenters. The lowest BCUT2D eigenvalue weighted by atomic mass is 10.1. The second kappa shape index (κ2) is 12.4. The molecule has 0 saturated heterocycles. The van der Waals surface area contributed by atoms with Crippen molar-refractivity contribution in [3.05, 3.63) is 36.0 Å². The Bertz CT molecular complexity index is 375. The fourth-order valence-electron chi connectivity index (χ4n) is 1.05. The first-order chi connectivity index (χ1) is 9.24. The fraction of sp³-hybridized carbons (Fsp3) is 0.500. The Morgan fingerprint density at radius 1 is 1.20 bits per heavy atom. The largest absolute Gasteiger partial charge is 0.481 e. The van der Waals surface area contributed by atoms with Gasteiger partial charge in [-0.1, -0.05) is 37.3 Å². The summed E-state index contributed by atoms with van der Waals surface area (Å²) in [5, 5.41) is 8.14. The van der Waals surface area contributed by atoms with Crippen molar-refractivity contribution in [1.29, 1.82) is 0 Å². The third-order valence-corrected chi connectivity index (χ3v) is 2.23. The van der Waals surface area contributed by atoms with Gasteiger partial charge in [0.2, 0.25) is 0 Å². The zero-order valence-corrected chi connectivity index (χ0v) is 13.3. The predicted molar refractivity (Wildman–Crippen MR) is 83.8 cm³/mol. The average molecular weight is 281 g/mol. The van der Waals surface area contributed by atoms with Crippen LogP contribution in [-0.2, 0) is 9.59 Å². The summed E-state index contributed by atoms with van der Waals surface area (Å²) in [7, 11) is 3.70. The Morgan fingerprint density at radius 3 is 2.00 bits per heavy atom. The zero-order valence-electron chi connectivity index (χ0n) is 13.3. The Morgan fingerprint density at radius 2 is 1.75 bits per heavy atom. The summed E-state index contributed by atoms with van der Waals surface area (Å²) in [6.07, 6.45) is 6.10. The number of ketones is 1. The third kappa shape index (κ3) is 14.4. The van der Waals surface area contributed by atoms with Crippen molar-refractivity contribution in [3.8, 4) is 0 Å². The van der Waals surface area contributed by atoms with Crippen LogP contribution < -0.4 is 0 Å². The summed E-state index contributed by atoms with van der Waals surface area (Å²) in [5.74, 6) is -0.596. The molecule has 0 aromatic rings. The first-order valence-corrected chi connectivity index (χ1v) is 6.61. The van der Waals surface area contributed by atoms with E-state index in [0.717, 1.165) is 0 Å². The molecule has 0 amide bonds. The van der Waals surface area contributed by atoms with E-state index in [0.29, 0.717) is 18.5 Å². The maximum atomic E-state index is 11.2. The third-order valence-electron chi connectivity index (χ3n) is 2.23. The number of nitrogens with zero attached hydrogens (tertiary/aromatic N) is 1. The zero-order chi connectivity index (χ0) is 16.1. The number of carbonyl (C=O) groups is 2. The van der Waals surface area contributed by atoms with Gasteiger partial charge < -0.3 is 10.0 Å². The maximum Gasteiger partial charge on any atom is 0.304 e.